The van der Waals surface area contributed by atoms with Crippen LogP contribution in [0.25, 0.3) is 0 Å². The molecule has 1 aromatic heterocycles. The first-order chi connectivity index (χ1) is 9.41. The summed E-state index contributed by atoms with van der Waals surface area (Å²) in [6.45, 7) is 9.62. The van der Waals surface area contributed by atoms with Gasteiger partial charge in [0, 0.05) is 19.1 Å². The molecule has 1 rings (SSSR count). The molecule has 0 aromatic carbocycles. The Balaban J connectivity index is 2.38. The van der Waals surface area contributed by atoms with Crippen LogP contribution in [0.5, 0.6) is 0 Å². The number of nitrogens with one attached hydrogen (secondary N) is 1. The van der Waals surface area contributed by atoms with Crippen molar-refractivity contribution >= 4 is 5.91 Å². The Labute approximate surface area is 120 Å². The van der Waals surface area contributed by atoms with Crippen LogP contribution in [0.15, 0.2) is 6.20 Å². The van der Waals surface area contributed by atoms with Gasteiger partial charge in [-0.1, -0.05) is 17.1 Å². The van der Waals surface area contributed by atoms with Crippen molar-refractivity contribution in [2.75, 3.05) is 13.1 Å². The zero-order valence-corrected chi connectivity index (χ0v) is 12.8. The highest BCUT2D eigenvalue weighted by Crippen LogP contribution is 2.02. The number of rotatable bonds is 5. The summed E-state index contributed by atoms with van der Waals surface area (Å²) in [7, 11) is 1.72. The number of nitrogens with zero attached hydrogens (tertiary/aromatic N) is 4. The van der Waals surface area contributed by atoms with E-state index >= 15 is 0 Å². The minimum Gasteiger partial charge on any atom is -0.340 e. The largest absolute Gasteiger partial charge is 0.340 e. The molecule has 0 fully saturated rings. The van der Waals surface area contributed by atoms with Gasteiger partial charge in [-0.2, -0.15) is 0 Å². The van der Waals surface area contributed by atoms with Gasteiger partial charge in [0.25, 0.3) is 5.91 Å². The van der Waals surface area contributed by atoms with Crippen LogP contribution in [0, 0.1) is 11.8 Å². The average Bonchev–Trinajstić information content (AvgIpc) is 2.79. The Morgan fingerprint density at radius 3 is 2.50 bits per heavy atom. The monoisotopic (exact) mass is 277 g/mol. The van der Waals surface area contributed by atoms with E-state index in [0.29, 0.717) is 30.9 Å². The Bertz CT molecular complexity index is 487. The van der Waals surface area contributed by atoms with Crippen LogP contribution >= 0.6 is 0 Å². The minimum atomic E-state index is -0.253. The highest BCUT2D eigenvalue weighted by molar-refractivity contribution is 5.91. The van der Waals surface area contributed by atoms with Crippen LogP contribution in [-0.2, 0) is 7.05 Å². The summed E-state index contributed by atoms with van der Waals surface area (Å²) in [6.07, 6.45) is 1.57. The summed E-state index contributed by atoms with van der Waals surface area (Å²) >= 11 is 0. The van der Waals surface area contributed by atoms with E-state index in [1.54, 1.807) is 13.2 Å². The van der Waals surface area contributed by atoms with Crippen LogP contribution in [0.2, 0.25) is 0 Å². The lowest BCUT2D eigenvalue weighted by Crippen LogP contribution is -2.37. The van der Waals surface area contributed by atoms with Gasteiger partial charge in [-0.15, -0.1) is 5.10 Å². The van der Waals surface area contributed by atoms with Gasteiger partial charge < -0.3 is 5.32 Å². The molecule has 0 spiro atoms. The predicted molar refractivity (Wildman–Crippen MR) is 78.1 cm³/mol. The number of amides is 1. The Morgan fingerprint density at radius 2 is 2.00 bits per heavy atom. The molecule has 1 heterocycles. The number of hydrogen-bond donors (Lipinski definition) is 1. The maximum Gasteiger partial charge on any atom is 0.274 e. The van der Waals surface area contributed by atoms with E-state index in [4.69, 9.17) is 0 Å². The molecule has 0 saturated heterocycles. The van der Waals surface area contributed by atoms with E-state index in [2.05, 4.69) is 60.1 Å². The van der Waals surface area contributed by atoms with Gasteiger partial charge in [0.2, 0.25) is 0 Å². The van der Waals surface area contributed by atoms with E-state index in [9.17, 15) is 4.79 Å². The van der Waals surface area contributed by atoms with Crippen molar-refractivity contribution in [1.82, 2.24) is 25.2 Å². The first-order valence-corrected chi connectivity index (χ1v) is 6.77. The molecule has 20 heavy (non-hydrogen) atoms. The van der Waals surface area contributed by atoms with Gasteiger partial charge in [0.05, 0.1) is 19.3 Å². The molecule has 0 bridgehead atoms. The highest BCUT2D eigenvalue weighted by Gasteiger charge is 2.11. The van der Waals surface area contributed by atoms with Crippen LogP contribution in [-0.4, -0.2) is 51.0 Å². The van der Waals surface area contributed by atoms with E-state index in [-0.39, 0.29) is 5.91 Å². The number of aryl methyl sites for hydroxylation is 1. The first-order valence-electron chi connectivity index (χ1n) is 6.77. The predicted octanol–water partition coefficient (Wildman–Crippen LogP) is 0.667. The molecule has 6 heteroatoms. The van der Waals surface area contributed by atoms with Gasteiger partial charge in [-0.05, 0) is 27.7 Å². The third-order valence-electron chi connectivity index (χ3n) is 2.89. The minimum absolute atomic E-state index is 0.253. The number of hydrogen-bond acceptors (Lipinski definition) is 4. The van der Waals surface area contributed by atoms with E-state index < -0.39 is 0 Å². The van der Waals surface area contributed by atoms with Gasteiger partial charge in [0.1, 0.15) is 0 Å². The van der Waals surface area contributed by atoms with Crippen molar-refractivity contribution in [3.05, 3.63) is 11.9 Å². The van der Waals surface area contributed by atoms with Gasteiger partial charge in [-0.3, -0.25) is 14.4 Å². The summed E-state index contributed by atoms with van der Waals surface area (Å²) in [4.78, 5) is 14.0. The maximum atomic E-state index is 11.7. The summed E-state index contributed by atoms with van der Waals surface area (Å²) in [5.41, 5.74) is 0.306. The first kappa shape index (κ1) is 16.2. The molecule has 0 radical (unpaired) electrons. The molecule has 0 aliphatic heterocycles. The second kappa shape index (κ2) is 7.65. The fourth-order valence-electron chi connectivity index (χ4n) is 1.84. The molecule has 1 N–H and O–H groups in total. The molecule has 0 unspecified atom stereocenters. The highest BCUT2D eigenvalue weighted by atomic mass is 16.1. The zero-order valence-electron chi connectivity index (χ0n) is 12.8. The summed E-state index contributed by atoms with van der Waals surface area (Å²) in [6, 6.07) is 0.914. The quantitative estimate of drug-likeness (QED) is 0.803. The fourth-order valence-corrected chi connectivity index (χ4v) is 1.84. The van der Waals surface area contributed by atoms with Crippen molar-refractivity contribution in [2.24, 2.45) is 7.05 Å². The smallest absolute Gasteiger partial charge is 0.274 e. The van der Waals surface area contributed by atoms with Crippen molar-refractivity contribution < 1.29 is 4.79 Å². The molecular weight excluding hydrogens is 254 g/mol. The van der Waals surface area contributed by atoms with Crippen LogP contribution in [0.3, 0.4) is 0 Å². The van der Waals surface area contributed by atoms with E-state index in [1.807, 2.05) is 0 Å². The second-order valence-electron chi connectivity index (χ2n) is 5.17. The molecular formula is C14H23N5O. The van der Waals surface area contributed by atoms with Crippen LogP contribution in [0.1, 0.15) is 38.2 Å². The third-order valence-corrected chi connectivity index (χ3v) is 2.89. The molecule has 6 nitrogen and oxygen atoms in total. The summed E-state index contributed by atoms with van der Waals surface area (Å²) in [5, 5.41) is 10.1. The Kier molecular flexibility index (Phi) is 6.19. The molecule has 0 aliphatic rings. The lowest BCUT2D eigenvalue weighted by molar-refractivity contribution is 0.0953. The fraction of sp³-hybridized carbons (Fsp3) is 0.643. The van der Waals surface area contributed by atoms with Crippen LogP contribution in [0.4, 0.5) is 0 Å². The van der Waals surface area contributed by atoms with E-state index in [0.717, 1.165) is 0 Å². The SMILES string of the molecule is CC(C)N(CC#CCNC(=O)c1cn(C)nn1)C(C)C. The van der Waals surface area contributed by atoms with Crippen LogP contribution < -0.4 is 5.32 Å². The molecule has 1 aromatic rings. The summed E-state index contributed by atoms with van der Waals surface area (Å²) < 4.78 is 1.49. The topological polar surface area (TPSA) is 63.1 Å². The lowest BCUT2D eigenvalue weighted by atomic mass is 10.2. The number of carbonyl (C=O) groups is 1. The standard InChI is InChI=1S/C14H23N5O/c1-11(2)19(12(3)4)9-7-6-8-15-14(20)13-10-18(5)17-16-13/h10-12H,8-9H2,1-5H3,(H,15,20). The Hall–Kier alpha value is -1.87. The molecule has 0 saturated carbocycles. The summed E-state index contributed by atoms with van der Waals surface area (Å²) in [5.74, 6) is 5.78. The van der Waals surface area contributed by atoms with Gasteiger partial charge in [-0.25, -0.2) is 0 Å². The lowest BCUT2D eigenvalue weighted by Gasteiger charge is -2.28. The normalized spacial score (nSPS) is 10.8. The van der Waals surface area contributed by atoms with Crippen molar-refractivity contribution in [2.45, 2.75) is 39.8 Å². The van der Waals surface area contributed by atoms with Gasteiger partial charge >= 0.3 is 0 Å². The second-order valence-corrected chi connectivity index (χ2v) is 5.17. The molecule has 0 aliphatic carbocycles. The Morgan fingerprint density at radius 1 is 1.35 bits per heavy atom. The molecule has 0 atom stereocenters. The van der Waals surface area contributed by atoms with Gasteiger partial charge in [0.15, 0.2) is 5.69 Å². The molecule has 110 valence electrons. The van der Waals surface area contributed by atoms with E-state index in [1.165, 1.54) is 4.68 Å². The number of carbonyl (C=O) groups excluding carboxylic acids is 1. The zero-order chi connectivity index (χ0) is 15.1. The maximum absolute atomic E-state index is 11.7. The third kappa shape index (κ3) is 5.02. The average molecular weight is 277 g/mol. The van der Waals surface area contributed by atoms with Crippen molar-refractivity contribution in [1.29, 1.82) is 0 Å². The van der Waals surface area contributed by atoms with Crippen molar-refractivity contribution in [3.63, 3.8) is 0 Å². The van der Waals surface area contributed by atoms with Crippen molar-refractivity contribution in [3.8, 4) is 11.8 Å². The number of aromatic nitrogens is 3. The molecule has 1 amide bonds.